The van der Waals surface area contributed by atoms with Crippen LogP contribution in [0.15, 0.2) is 22.1 Å². The number of nitrogen functional groups attached to an aromatic ring is 1. The van der Waals surface area contributed by atoms with E-state index in [1.807, 2.05) is 18.4 Å². The maximum absolute atomic E-state index is 5.82. The monoisotopic (exact) mass is 298 g/mol. The Morgan fingerprint density at radius 1 is 1.56 bits per heavy atom. The molecule has 2 aromatic heterocycles. The minimum Gasteiger partial charge on any atom is -0.396 e. The van der Waals surface area contributed by atoms with Gasteiger partial charge in [-0.15, -0.1) is 11.3 Å². The summed E-state index contributed by atoms with van der Waals surface area (Å²) in [5, 5.41) is 6.21. The van der Waals surface area contributed by atoms with Crippen LogP contribution in [0.4, 0.5) is 11.5 Å². The molecule has 0 fully saturated rings. The second-order valence-electron chi connectivity index (χ2n) is 3.33. The highest BCUT2D eigenvalue weighted by Crippen LogP contribution is 2.20. The van der Waals surface area contributed by atoms with E-state index in [-0.39, 0.29) is 0 Å². The van der Waals surface area contributed by atoms with E-state index >= 15 is 0 Å². The Bertz CT molecular complexity index is 497. The Hall–Kier alpha value is -1.14. The van der Waals surface area contributed by atoms with Gasteiger partial charge in [-0.1, -0.05) is 0 Å². The fourth-order valence-electron chi connectivity index (χ4n) is 1.25. The number of nitrogens with zero attached hydrogens (tertiary/aromatic N) is 2. The molecule has 0 spiro atoms. The van der Waals surface area contributed by atoms with Crippen molar-refractivity contribution < 1.29 is 0 Å². The number of anilines is 2. The van der Waals surface area contributed by atoms with Gasteiger partial charge >= 0.3 is 0 Å². The SMILES string of the molecule is Cc1csc(CNc2ncc(Br)cc2N)n1. The minimum atomic E-state index is 0.627. The summed E-state index contributed by atoms with van der Waals surface area (Å²) in [5.74, 6) is 0.691. The Morgan fingerprint density at radius 3 is 3.00 bits per heavy atom. The first kappa shape index (κ1) is 11.3. The maximum Gasteiger partial charge on any atom is 0.149 e. The summed E-state index contributed by atoms with van der Waals surface area (Å²) in [5.41, 5.74) is 7.49. The van der Waals surface area contributed by atoms with Gasteiger partial charge in [0.15, 0.2) is 0 Å². The molecule has 4 nitrogen and oxygen atoms in total. The van der Waals surface area contributed by atoms with Crippen LogP contribution < -0.4 is 11.1 Å². The van der Waals surface area contributed by atoms with Crippen LogP contribution in [0.5, 0.6) is 0 Å². The highest BCUT2D eigenvalue weighted by molar-refractivity contribution is 9.10. The van der Waals surface area contributed by atoms with E-state index in [0.29, 0.717) is 18.1 Å². The zero-order valence-electron chi connectivity index (χ0n) is 8.70. The average molecular weight is 299 g/mol. The Labute approximate surface area is 106 Å². The van der Waals surface area contributed by atoms with Crippen LogP contribution in [0, 0.1) is 6.92 Å². The van der Waals surface area contributed by atoms with Gasteiger partial charge in [-0.2, -0.15) is 0 Å². The first-order chi connectivity index (χ1) is 7.65. The lowest BCUT2D eigenvalue weighted by molar-refractivity contribution is 1.06. The van der Waals surface area contributed by atoms with Crippen LogP contribution in [0.2, 0.25) is 0 Å². The molecule has 0 aliphatic heterocycles. The first-order valence-corrected chi connectivity index (χ1v) is 6.38. The molecular weight excluding hydrogens is 288 g/mol. The summed E-state index contributed by atoms with van der Waals surface area (Å²) in [4.78, 5) is 8.54. The van der Waals surface area contributed by atoms with Gasteiger partial charge in [0.25, 0.3) is 0 Å². The van der Waals surface area contributed by atoms with Crippen molar-refractivity contribution in [2.75, 3.05) is 11.1 Å². The van der Waals surface area contributed by atoms with Crippen molar-refractivity contribution in [3.05, 3.63) is 32.8 Å². The van der Waals surface area contributed by atoms with E-state index in [2.05, 4.69) is 31.2 Å². The molecule has 0 aromatic carbocycles. The largest absolute Gasteiger partial charge is 0.396 e. The zero-order chi connectivity index (χ0) is 11.5. The van der Waals surface area contributed by atoms with Gasteiger partial charge in [0.1, 0.15) is 10.8 Å². The summed E-state index contributed by atoms with van der Waals surface area (Å²) >= 11 is 4.94. The quantitative estimate of drug-likeness (QED) is 0.914. The number of aromatic nitrogens is 2. The number of hydrogen-bond donors (Lipinski definition) is 2. The smallest absolute Gasteiger partial charge is 0.149 e. The van der Waals surface area contributed by atoms with Crippen molar-refractivity contribution in [2.45, 2.75) is 13.5 Å². The lowest BCUT2D eigenvalue weighted by Crippen LogP contribution is -2.04. The molecule has 6 heteroatoms. The molecule has 0 saturated carbocycles. The van der Waals surface area contributed by atoms with Crippen molar-refractivity contribution >= 4 is 38.8 Å². The summed E-state index contributed by atoms with van der Waals surface area (Å²) in [6.07, 6.45) is 1.71. The maximum atomic E-state index is 5.82. The van der Waals surface area contributed by atoms with E-state index in [4.69, 9.17) is 5.73 Å². The molecule has 0 saturated heterocycles. The molecular formula is C10H11BrN4S. The molecule has 0 radical (unpaired) electrons. The van der Waals surface area contributed by atoms with Crippen LogP contribution in [0.25, 0.3) is 0 Å². The predicted octanol–water partition coefficient (Wildman–Crippen LogP) is 2.80. The van der Waals surface area contributed by atoms with E-state index in [0.717, 1.165) is 15.2 Å². The molecule has 0 bridgehead atoms. The number of nitrogens with one attached hydrogen (secondary N) is 1. The molecule has 0 unspecified atom stereocenters. The summed E-state index contributed by atoms with van der Waals surface area (Å²) in [7, 11) is 0. The molecule has 16 heavy (non-hydrogen) atoms. The molecule has 2 heterocycles. The third-order valence-corrected chi connectivity index (χ3v) is 3.36. The summed E-state index contributed by atoms with van der Waals surface area (Å²) < 4.78 is 0.876. The standard InChI is InChI=1S/C10H11BrN4S/c1-6-5-16-9(15-6)4-14-10-8(12)2-7(11)3-13-10/h2-3,5H,4,12H2,1H3,(H,13,14). The second-order valence-corrected chi connectivity index (χ2v) is 5.19. The molecule has 0 atom stereocenters. The van der Waals surface area contributed by atoms with E-state index in [9.17, 15) is 0 Å². The highest BCUT2D eigenvalue weighted by atomic mass is 79.9. The fraction of sp³-hybridized carbons (Fsp3) is 0.200. The number of rotatable bonds is 3. The van der Waals surface area contributed by atoms with Gasteiger partial charge in [0, 0.05) is 21.7 Å². The third kappa shape index (κ3) is 2.70. The Balaban J connectivity index is 2.04. The van der Waals surface area contributed by atoms with Crippen LogP contribution >= 0.6 is 27.3 Å². The number of aryl methyl sites for hydroxylation is 1. The summed E-state index contributed by atoms with van der Waals surface area (Å²) in [6.45, 7) is 2.63. The zero-order valence-corrected chi connectivity index (χ0v) is 11.1. The third-order valence-electron chi connectivity index (χ3n) is 1.96. The molecule has 3 N–H and O–H groups in total. The van der Waals surface area contributed by atoms with Crippen LogP contribution in [0.1, 0.15) is 10.7 Å². The predicted molar refractivity (Wildman–Crippen MR) is 70.5 cm³/mol. The van der Waals surface area contributed by atoms with Gasteiger partial charge in [0.05, 0.1) is 12.2 Å². The summed E-state index contributed by atoms with van der Waals surface area (Å²) in [6, 6.07) is 1.82. The van der Waals surface area contributed by atoms with Crippen LogP contribution in [-0.2, 0) is 6.54 Å². The van der Waals surface area contributed by atoms with Crippen molar-refractivity contribution in [3.63, 3.8) is 0 Å². The number of nitrogens with two attached hydrogens (primary N) is 1. The number of thiazole rings is 1. The Kier molecular flexibility index (Phi) is 3.40. The lowest BCUT2D eigenvalue weighted by atomic mass is 10.4. The molecule has 84 valence electrons. The van der Waals surface area contributed by atoms with Crippen molar-refractivity contribution in [2.24, 2.45) is 0 Å². The lowest BCUT2D eigenvalue weighted by Gasteiger charge is -2.06. The first-order valence-electron chi connectivity index (χ1n) is 4.71. The van der Waals surface area contributed by atoms with Crippen molar-refractivity contribution in [3.8, 4) is 0 Å². The molecule has 0 aliphatic carbocycles. The van der Waals surface area contributed by atoms with Crippen molar-refractivity contribution in [1.82, 2.24) is 9.97 Å². The van der Waals surface area contributed by atoms with Gasteiger partial charge in [0.2, 0.25) is 0 Å². The van der Waals surface area contributed by atoms with E-state index in [1.54, 1.807) is 17.5 Å². The minimum absolute atomic E-state index is 0.627. The normalized spacial score (nSPS) is 10.4. The van der Waals surface area contributed by atoms with Crippen LogP contribution in [-0.4, -0.2) is 9.97 Å². The molecule has 2 aromatic rings. The van der Waals surface area contributed by atoms with Gasteiger partial charge < -0.3 is 11.1 Å². The average Bonchev–Trinajstić information content (AvgIpc) is 2.63. The van der Waals surface area contributed by atoms with E-state index in [1.165, 1.54) is 0 Å². The second kappa shape index (κ2) is 4.80. The number of pyridine rings is 1. The van der Waals surface area contributed by atoms with Gasteiger partial charge in [-0.25, -0.2) is 9.97 Å². The van der Waals surface area contributed by atoms with Gasteiger partial charge in [-0.3, -0.25) is 0 Å². The topological polar surface area (TPSA) is 63.8 Å². The van der Waals surface area contributed by atoms with Crippen LogP contribution in [0.3, 0.4) is 0 Å². The fourth-order valence-corrected chi connectivity index (χ4v) is 2.31. The molecule has 2 rings (SSSR count). The van der Waals surface area contributed by atoms with Crippen molar-refractivity contribution in [1.29, 1.82) is 0 Å². The Morgan fingerprint density at radius 2 is 2.38 bits per heavy atom. The molecule has 0 aliphatic rings. The number of halogens is 1. The number of hydrogen-bond acceptors (Lipinski definition) is 5. The molecule has 0 amide bonds. The highest BCUT2D eigenvalue weighted by Gasteiger charge is 2.03. The van der Waals surface area contributed by atoms with E-state index < -0.39 is 0 Å². The van der Waals surface area contributed by atoms with Gasteiger partial charge in [-0.05, 0) is 28.9 Å².